The molecule has 0 unspecified atom stereocenters. The van der Waals surface area contributed by atoms with Crippen molar-refractivity contribution < 1.29 is 0 Å². The molecule has 3 aromatic rings. The van der Waals surface area contributed by atoms with E-state index >= 15 is 0 Å². The van der Waals surface area contributed by atoms with Crippen LogP contribution in [0.4, 0.5) is 0 Å². The van der Waals surface area contributed by atoms with Gasteiger partial charge in [0.25, 0.3) is 0 Å². The predicted octanol–water partition coefficient (Wildman–Crippen LogP) is 8.38. The molecule has 0 bridgehead atoms. The molecule has 3 aromatic heterocycles. The van der Waals surface area contributed by atoms with E-state index in [1.807, 2.05) is 40.0 Å². The standard InChI is InChI=1S/C11H18N2.C11H17N.C10H15N/c1-7-8(2)12-9(3)13-10(7)11(4,5)6;1-8-6-10(11(3,4)5)7-9(2)12-8;1-8-5-6-11-9(7-8)10(2,3)4/h1-6H3;6-7H,1-5H3;5-7H,1-4H3. The fourth-order valence-corrected chi connectivity index (χ4v) is 3.71. The molecule has 4 nitrogen and oxygen atoms in total. The molecule has 198 valence electrons. The van der Waals surface area contributed by atoms with Crippen molar-refractivity contribution in [1.82, 2.24) is 19.9 Å². The van der Waals surface area contributed by atoms with Crippen molar-refractivity contribution in [3.63, 3.8) is 0 Å². The Morgan fingerprint density at radius 2 is 1.11 bits per heavy atom. The van der Waals surface area contributed by atoms with E-state index in [2.05, 4.69) is 114 Å². The van der Waals surface area contributed by atoms with E-state index in [9.17, 15) is 0 Å². The molecule has 3 heterocycles. The van der Waals surface area contributed by atoms with Crippen LogP contribution in [0.3, 0.4) is 0 Å². The molecule has 0 N–H and O–H groups in total. The zero-order valence-electron chi connectivity index (χ0n) is 25.7. The highest BCUT2D eigenvalue weighted by Crippen LogP contribution is 2.25. The Balaban J connectivity index is 0.000000271. The topological polar surface area (TPSA) is 51.6 Å². The lowest BCUT2D eigenvalue weighted by atomic mass is 9.87. The fraction of sp³-hybridized carbons (Fsp3) is 0.562. The quantitative estimate of drug-likeness (QED) is 0.317. The largest absolute Gasteiger partial charge is 0.261 e. The summed E-state index contributed by atoms with van der Waals surface area (Å²) in [5.41, 5.74) is 10.0. The van der Waals surface area contributed by atoms with E-state index in [0.29, 0.717) is 0 Å². The summed E-state index contributed by atoms with van der Waals surface area (Å²) in [5.74, 6) is 0.869. The van der Waals surface area contributed by atoms with Crippen LogP contribution in [0.2, 0.25) is 0 Å². The highest BCUT2D eigenvalue weighted by molar-refractivity contribution is 5.28. The zero-order chi connectivity index (χ0) is 28.1. The number of hydrogen-bond donors (Lipinski definition) is 0. The maximum Gasteiger partial charge on any atom is 0.125 e. The number of hydrogen-bond acceptors (Lipinski definition) is 4. The summed E-state index contributed by atoms with van der Waals surface area (Å²) < 4.78 is 0. The molecule has 4 heteroatoms. The van der Waals surface area contributed by atoms with Crippen LogP contribution in [0.25, 0.3) is 0 Å². The van der Waals surface area contributed by atoms with Gasteiger partial charge < -0.3 is 0 Å². The van der Waals surface area contributed by atoms with Crippen molar-refractivity contribution in [3.8, 4) is 0 Å². The summed E-state index contributed by atoms with van der Waals surface area (Å²) in [6.07, 6.45) is 1.87. The molecule has 0 fully saturated rings. The van der Waals surface area contributed by atoms with E-state index in [1.165, 1.54) is 16.7 Å². The third-order valence-corrected chi connectivity index (χ3v) is 5.84. The van der Waals surface area contributed by atoms with Gasteiger partial charge in [0, 0.05) is 39.8 Å². The first-order valence-corrected chi connectivity index (χ1v) is 12.9. The lowest BCUT2D eigenvalue weighted by Gasteiger charge is -2.21. The third-order valence-electron chi connectivity index (χ3n) is 5.84. The summed E-state index contributed by atoms with van der Waals surface area (Å²) in [5, 5.41) is 0. The predicted molar refractivity (Wildman–Crippen MR) is 155 cm³/mol. The van der Waals surface area contributed by atoms with Gasteiger partial charge in [-0.2, -0.15) is 0 Å². The van der Waals surface area contributed by atoms with Gasteiger partial charge in [-0.05, 0) is 87.9 Å². The van der Waals surface area contributed by atoms with Crippen LogP contribution in [0.1, 0.15) is 113 Å². The van der Waals surface area contributed by atoms with E-state index in [-0.39, 0.29) is 16.2 Å². The normalized spacial score (nSPS) is 11.8. The van der Waals surface area contributed by atoms with Gasteiger partial charge in [-0.15, -0.1) is 0 Å². The molecule has 0 spiro atoms. The van der Waals surface area contributed by atoms with E-state index in [1.54, 1.807) is 0 Å². The monoisotopic (exact) mass is 490 g/mol. The van der Waals surface area contributed by atoms with Crippen LogP contribution in [0, 0.1) is 41.5 Å². The Labute approximate surface area is 221 Å². The first kappa shape index (κ1) is 31.4. The second kappa shape index (κ2) is 12.1. The minimum absolute atomic E-state index is 0.114. The third kappa shape index (κ3) is 10.2. The Hall–Kier alpha value is -2.62. The Kier molecular flexibility index (Phi) is 10.5. The number of nitrogens with zero attached hydrogens (tertiary/aromatic N) is 4. The van der Waals surface area contributed by atoms with Crippen LogP contribution >= 0.6 is 0 Å². The molecule has 0 saturated heterocycles. The van der Waals surface area contributed by atoms with Crippen molar-refractivity contribution in [2.24, 2.45) is 0 Å². The fourth-order valence-electron chi connectivity index (χ4n) is 3.71. The highest BCUT2D eigenvalue weighted by Gasteiger charge is 2.20. The smallest absolute Gasteiger partial charge is 0.125 e. The number of pyridine rings is 2. The molecule has 0 saturated carbocycles. The van der Waals surface area contributed by atoms with Gasteiger partial charge in [-0.3, -0.25) is 9.97 Å². The Morgan fingerprint density at radius 3 is 1.50 bits per heavy atom. The van der Waals surface area contributed by atoms with Gasteiger partial charge in [-0.25, -0.2) is 9.97 Å². The second-order valence-corrected chi connectivity index (χ2v) is 12.9. The molecule has 0 amide bonds. The highest BCUT2D eigenvalue weighted by atomic mass is 14.9. The van der Waals surface area contributed by atoms with Gasteiger partial charge in [0.2, 0.25) is 0 Å². The minimum atomic E-state index is 0.114. The summed E-state index contributed by atoms with van der Waals surface area (Å²) in [4.78, 5) is 17.5. The van der Waals surface area contributed by atoms with Crippen molar-refractivity contribution >= 4 is 0 Å². The molecule has 0 aliphatic carbocycles. The molecule has 0 aliphatic rings. The Bertz CT molecular complexity index is 1120. The summed E-state index contributed by atoms with van der Waals surface area (Å²) in [6.45, 7) is 32.0. The number of aromatic nitrogens is 4. The maximum atomic E-state index is 4.49. The van der Waals surface area contributed by atoms with Crippen LogP contribution < -0.4 is 0 Å². The van der Waals surface area contributed by atoms with Crippen molar-refractivity contribution in [2.75, 3.05) is 0 Å². The second-order valence-electron chi connectivity index (χ2n) is 12.9. The summed E-state index contributed by atoms with van der Waals surface area (Å²) in [7, 11) is 0. The zero-order valence-corrected chi connectivity index (χ0v) is 25.7. The number of rotatable bonds is 0. The van der Waals surface area contributed by atoms with Crippen molar-refractivity contribution in [2.45, 2.75) is 120 Å². The molecule has 3 rings (SSSR count). The van der Waals surface area contributed by atoms with Gasteiger partial charge in [0.15, 0.2) is 0 Å². The van der Waals surface area contributed by atoms with E-state index in [4.69, 9.17) is 0 Å². The molecule has 0 radical (unpaired) electrons. The minimum Gasteiger partial charge on any atom is -0.261 e. The molecule has 0 aromatic carbocycles. The molecular weight excluding hydrogens is 440 g/mol. The van der Waals surface area contributed by atoms with Crippen LogP contribution in [-0.2, 0) is 16.2 Å². The van der Waals surface area contributed by atoms with Gasteiger partial charge in [0.05, 0.1) is 5.69 Å². The molecule has 0 aliphatic heterocycles. The van der Waals surface area contributed by atoms with Gasteiger partial charge >= 0.3 is 0 Å². The lowest BCUT2D eigenvalue weighted by Crippen LogP contribution is -2.17. The van der Waals surface area contributed by atoms with Crippen molar-refractivity contribution in [3.05, 3.63) is 81.4 Å². The summed E-state index contributed by atoms with van der Waals surface area (Å²) >= 11 is 0. The van der Waals surface area contributed by atoms with Crippen molar-refractivity contribution in [1.29, 1.82) is 0 Å². The Morgan fingerprint density at radius 1 is 0.583 bits per heavy atom. The lowest BCUT2D eigenvalue weighted by molar-refractivity contribution is 0.557. The molecule has 0 atom stereocenters. The van der Waals surface area contributed by atoms with E-state index in [0.717, 1.165) is 34.3 Å². The molecule has 36 heavy (non-hydrogen) atoms. The van der Waals surface area contributed by atoms with E-state index < -0.39 is 0 Å². The van der Waals surface area contributed by atoms with Crippen LogP contribution in [0.5, 0.6) is 0 Å². The number of aryl methyl sites for hydroxylation is 5. The van der Waals surface area contributed by atoms with Gasteiger partial charge in [0.1, 0.15) is 5.82 Å². The van der Waals surface area contributed by atoms with Crippen LogP contribution in [0.15, 0.2) is 30.5 Å². The van der Waals surface area contributed by atoms with Gasteiger partial charge in [-0.1, -0.05) is 62.3 Å². The average molecular weight is 491 g/mol. The summed E-state index contributed by atoms with van der Waals surface area (Å²) in [6, 6.07) is 8.48. The van der Waals surface area contributed by atoms with Crippen LogP contribution in [-0.4, -0.2) is 19.9 Å². The first-order valence-electron chi connectivity index (χ1n) is 12.9. The average Bonchev–Trinajstić information content (AvgIpc) is 2.69. The SMILES string of the molecule is Cc1cc(C(C)(C)C)cc(C)n1.Cc1ccnc(C(C)(C)C)c1.Cc1nc(C)c(C)c(C(C)(C)C)n1. The first-order chi connectivity index (χ1) is 16.2. The maximum absolute atomic E-state index is 4.49. The molecular formula is C32H50N4.